The van der Waals surface area contributed by atoms with Crippen LogP contribution in [0.25, 0.3) is 65.7 Å². The molecule has 7 aromatic carbocycles. The summed E-state index contributed by atoms with van der Waals surface area (Å²) in [6.07, 6.45) is 0. The largest absolute Gasteiger partial charge is 0.0622 e. The molecular weight excluding hydrogens is 432 g/mol. The van der Waals surface area contributed by atoms with Crippen molar-refractivity contribution in [1.82, 2.24) is 0 Å². The summed E-state index contributed by atoms with van der Waals surface area (Å²) < 4.78 is 0. The van der Waals surface area contributed by atoms with E-state index in [9.17, 15) is 0 Å². The van der Waals surface area contributed by atoms with Crippen LogP contribution in [0.15, 0.2) is 146 Å². The first-order valence-electron chi connectivity index (χ1n) is 12.5. The molecule has 0 nitrogen and oxygen atoms in total. The molecule has 0 aliphatic heterocycles. The molecule has 0 heteroatoms. The lowest BCUT2D eigenvalue weighted by Crippen LogP contribution is -1.93. The van der Waals surface area contributed by atoms with Gasteiger partial charge in [0.25, 0.3) is 0 Å². The lowest BCUT2D eigenvalue weighted by atomic mass is 9.82. The summed E-state index contributed by atoms with van der Waals surface area (Å²) in [6, 6.07) is 52.7. The maximum Gasteiger partial charge on any atom is -0.00139 e. The lowest BCUT2D eigenvalue weighted by molar-refractivity contribution is 1.64. The average molecular weight is 457 g/mol. The van der Waals surface area contributed by atoms with Crippen LogP contribution < -0.4 is 0 Å². The summed E-state index contributed by atoms with van der Waals surface area (Å²) in [5, 5.41) is 7.69. The molecule has 0 N–H and O–H groups in total. The molecule has 0 fully saturated rings. The third-order valence-electron chi connectivity index (χ3n) is 7.25. The maximum atomic E-state index is 2.30. The summed E-state index contributed by atoms with van der Waals surface area (Å²) in [6.45, 7) is 0. The van der Waals surface area contributed by atoms with Crippen LogP contribution in [0.1, 0.15) is 0 Å². The van der Waals surface area contributed by atoms with E-state index in [0.29, 0.717) is 0 Å². The molecule has 0 radical (unpaired) electrons. The van der Waals surface area contributed by atoms with Crippen LogP contribution in [0.5, 0.6) is 0 Å². The van der Waals surface area contributed by atoms with E-state index in [4.69, 9.17) is 0 Å². The number of benzene rings is 7. The van der Waals surface area contributed by atoms with Crippen LogP contribution >= 0.6 is 0 Å². The van der Waals surface area contributed by atoms with Gasteiger partial charge >= 0.3 is 0 Å². The molecule has 168 valence electrons. The highest BCUT2D eigenvalue weighted by Crippen LogP contribution is 2.47. The second-order valence-corrected chi connectivity index (χ2v) is 9.28. The molecule has 0 spiro atoms. The number of hydrogen-bond acceptors (Lipinski definition) is 0. The SMILES string of the molecule is c1ccc(-c2c3ccccc3c(-c3ccccc3)c3c(-c4cccc5ccccc45)cccc23)cc1. The molecule has 0 saturated heterocycles. The van der Waals surface area contributed by atoms with Gasteiger partial charge in [0.2, 0.25) is 0 Å². The van der Waals surface area contributed by atoms with E-state index >= 15 is 0 Å². The standard InChI is InChI=1S/C36H24/c1-3-14-26(15-4-1)34-31-20-9-10-21-32(31)35(27-16-5-2-6-17-27)36-30(23-12-24-33(34)36)29-22-11-18-25-13-7-8-19-28(25)29/h1-24H. The highest BCUT2D eigenvalue weighted by molar-refractivity contribution is 6.25. The van der Waals surface area contributed by atoms with Crippen LogP contribution in [0.2, 0.25) is 0 Å². The van der Waals surface area contributed by atoms with Gasteiger partial charge in [-0.15, -0.1) is 0 Å². The normalized spacial score (nSPS) is 11.3. The molecule has 0 amide bonds. The van der Waals surface area contributed by atoms with E-state index in [0.717, 1.165) is 0 Å². The van der Waals surface area contributed by atoms with Crippen molar-refractivity contribution >= 4 is 32.3 Å². The lowest BCUT2D eigenvalue weighted by Gasteiger charge is -2.21. The van der Waals surface area contributed by atoms with Gasteiger partial charge < -0.3 is 0 Å². The van der Waals surface area contributed by atoms with Gasteiger partial charge in [0, 0.05) is 0 Å². The van der Waals surface area contributed by atoms with Gasteiger partial charge in [-0.25, -0.2) is 0 Å². The Kier molecular flexibility index (Phi) is 4.89. The second-order valence-electron chi connectivity index (χ2n) is 9.28. The molecule has 0 aromatic heterocycles. The first-order valence-corrected chi connectivity index (χ1v) is 12.5. The van der Waals surface area contributed by atoms with E-state index in [1.54, 1.807) is 0 Å². The maximum absolute atomic E-state index is 2.30. The van der Waals surface area contributed by atoms with Gasteiger partial charge in [-0.05, 0) is 65.7 Å². The van der Waals surface area contributed by atoms with Crippen LogP contribution in [-0.4, -0.2) is 0 Å². The van der Waals surface area contributed by atoms with E-state index in [-0.39, 0.29) is 0 Å². The van der Waals surface area contributed by atoms with E-state index in [1.165, 1.54) is 65.7 Å². The van der Waals surface area contributed by atoms with Gasteiger partial charge in [-0.2, -0.15) is 0 Å². The van der Waals surface area contributed by atoms with Crippen molar-refractivity contribution < 1.29 is 0 Å². The summed E-state index contributed by atoms with van der Waals surface area (Å²) in [7, 11) is 0. The minimum Gasteiger partial charge on any atom is -0.0622 e. The minimum absolute atomic E-state index is 1.24. The Morgan fingerprint density at radius 3 is 1.47 bits per heavy atom. The van der Waals surface area contributed by atoms with Crippen LogP contribution in [-0.2, 0) is 0 Å². The zero-order valence-electron chi connectivity index (χ0n) is 19.9. The first kappa shape index (κ1) is 20.7. The van der Waals surface area contributed by atoms with Crippen LogP contribution in [0.3, 0.4) is 0 Å². The summed E-state index contributed by atoms with van der Waals surface area (Å²) >= 11 is 0. The minimum atomic E-state index is 1.24. The number of fused-ring (bicyclic) bond motifs is 3. The molecule has 0 aliphatic rings. The quantitative estimate of drug-likeness (QED) is 0.232. The summed E-state index contributed by atoms with van der Waals surface area (Å²) in [4.78, 5) is 0. The molecule has 0 atom stereocenters. The van der Waals surface area contributed by atoms with Crippen molar-refractivity contribution in [1.29, 1.82) is 0 Å². The Morgan fingerprint density at radius 1 is 0.278 bits per heavy atom. The van der Waals surface area contributed by atoms with Gasteiger partial charge in [0.05, 0.1) is 0 Å². The zero-order valence-corrected chi connectivity index (χ0v) is 19.9. The summed E-state index contributed by atoms with van der Waals surface area (Å²) in [5.74, 6) is 0. The molecule has 7 rings (SSSR count). The topological polar surface area (TPSA) is 0 Å². The second kappa shape index (κ2) is 8.52. The monoisotopic (exact) mass is 456 g/mol. The Bertz CT molecular complexity index is 1860. The van der Waals surface area contributed by atoms with Crippen molar-refractivity contribution in [3.8, 4) is 33.4 Å². The van der Waals surface area contributed by atoms with Gasteiger partial charge in [-0.1, -0.05) is 146 Å². The zero-order chi connectivity index (χ0) is 23.9. The Balaban J connectivity index is 1.74. The highest BCUT2D eigenvalue weighted by atomic mass is 14.2. The molecule has 7 aromatic rings. The van der Waals surface area contributed by atoms with Crippen LogP contribution in [0.4, 0.5) is 0 Å². The molecular formula is C36H24. The first-order chi connectivity index (χ1) is 17.9. The van der Waals surface area contributed by atoms with E-state index in [2.05, 4.69) is 146 Å². The van der Waals surface area contributed by atoms with Crippen molar-refractivity contribution in [2.75, 3.05) is 0 Å². The third kappa shape index (κ3) is 3.23. The molecule has 0 saturated carbocycles. The molecule has 0 heterocycles. The van der Waals surface area contributed by atoms with Crippen molar-refractivity contribution in [2.24, 2.45) is 0 Å². The smallest absolute Gasteiger partial charge is 0.00139 e. The fourth-order valence-electron chi connectivity index (χ4n) is 5.73. The van der Waals surface area contributed by atoms with Gasteiger partial charge in [0.1, 0.15) is 0 Å². The van der Waals surface area contributed by atoms with Crippen LogP contribution in [0, 0.1) is 0 Å². The van der Waals surface area contributed by atoms with E-state index in [1.807, 2.05) is 0 Å². The fourth-order valence-corrected chi connectivity index (χ4v) is 5.73. The molecule has 0 aliphatic carbocycles. The third-order valence-corrected chi connectivity index (χ3v) is 7.25. The highest BCUT2D eigenvalue weighted by Gasteiger charge is 2.19. The summed E-state index contributed by atoms with van der Waals surface area (Å²) in [5.41, 5.74) is 7.61. The predicted octanol–water partition coefficient (Wildman–Crippen LogP) is 10.1. The average Bonchev–Trinajstić information content (AvgIpc) is 2.96. The van der Waals surface area contributed by atoms with Crippen molar-refractivity contribution in [2.45, 2.75) is 0 Å². The predicted molar refractivity (Wildman–Crippen MR) is 155 cm³/mol. The Labute approximate surface area is 211 Å². The van der Waals surface area contributed by atoms with Gasteiger partial charge in [0.15, 0.2) is 0 Å². The Morgan fingerprint density at radius 2 is 0.750 bits per heavy atom. The number of hydrogen-bond donors (Lipinski definition) is 0. The fraction of sp³-hybridized carbons (Fsp3) is 0. The van der Waals surface area contributed by atoms with E-state index < -0.39 is 0 Å². The van der Waals surface area contributed by atoms with Crippen molar-refractivity contribution in [3.05, 3.63) is 146 Å². The molecule has 36 heavy (non-hydrogen) atoms. The molecule has 0 unspecified atom stereocenters. The number of rotatable bonds is 3. The van der Waals surface area contributed by atoms with Gasteiger partial charge in [-0.3, -0.25) is 0 Å². The van der Waals surface area contributed by atoms with Crippen molar-refractivity contribution in [3.63, 3.8) is 0 Å². The Hall–Kier alpha value is -4.68. The molecule has 0 bridgehead atoms.